The minimum Gasteiger partial charge on any atom is -0.289 e. The van der Waals surface area contributed by atoms with E-state index in [0.717, 1.165) is 16.7 Å². The molecular formula is C27H19Cl3N2O. The summed E-state index contributed by atoms with van der Waals surface area (Å²) in [5, 5.41) is 10.1. The number of halogens is 3. The lowest BCUT2D eigenvalue weighted by molar-refractivity contribution is 0.103. The molecule has 0 fully saturated rings. The number of ketones is 1. The molecule has 0 unspecified atom stereocenters. The molecule has 0 aliphatic carbocycles. The summed E-state index contributed by atoms with van der Waals surface area (Å²) >= 11 is 18.9. The van der Waals surface area contributed by atoms with Crippen molar-refractivity contribution in [3.8, 4) is 0 Å². The zero-order valence-corrected chi connectivity index (χ0v) is 19.8. The third-order valence-electron chi connectivity index (χ3n) is 5.11. The molecule has 4 aromatic carbocycles. The van der Waals surface area contributed by atoms with Gasteiger partial charge in [0.2, 0.25) is 0 Å². The van der Waals surface area contributed by atoms with Crippen molar-refractivity contribution in [3.63, 3.8) is 0 Å². The number of nitrogens with zero attached hydrogens (tertiary/aromatic N) is 2. The van der Waals surface area contributed by atoms with E-state index in [9.17, 15) is 4.79 Å². The first-order valence-corrected chi connectivity index (χ1v) is 11.4. The van der Waals surface area contributed by atoms with Gasteiger partial charge in [0.1, 0.15) is 0 Å². The predicted octanol–water partition coefficient (Wildman–Crippen LogP) is 8.75. The highest BCUT2D eigenvalue weighted by molar-refractivity contribution is 6.36. The lowest BCUT2D eigenvalue weighted by Gasteiger charge is -2.09. The summed E-state index contributed by atoms with van der Waals surface area (Å²) in [5.41, 5.74) is 4.67. The zero-order valence-electron chi connectivity index (χ0n) is 17.5. The topological polar surface area (TPSA) is 41.8 Å². The molecule has 33 heavy (non-hydrogen) atoms. The Morgan fingerprint density at radius 1 is 0.697 bits per heavy atom. The fourth-order valence-corrected chi connectivity index (χ4v) is 4.08. The van der Waals surface area contributed by atoms with Crippen LogP contribution in [0.5, 0.6) is 0 Å². The summed E-state index contributed by atoms with van der Waals surface area (Å²) in [5.74, 6) is -0.0560. The lowest BCUT2D eigenvalue weighted by Crippen LogP contribution is -2.01. The monoisotopic (exact) mass is 492 g/mol. The first-order chi connectivity index (χ1) is 16.0. The number of hydrogen-bond acceptors (Lipinski definition) is 3. The molecule has 4 aromatic rings. The van der Waals surface area contributed by atoms with Gasteiger partial charge in [0, 0.05) is 32.6 Å². The van der Waals surface area contributed by atoms with Crippen molar-refractivity contribution in [3.05, 3.63) is 134 Å². The largest absolute Gasteiger partial charge is 0.289 e. The molecule has 0 heterocycles. The van der Waals surface area contributed by atoms with Crippen LogP contribution in [0.1, 0.15) is 32.6 Å². The van der Waals surface area contributed by atoms with Crippen LogP contribution in [0.4, 0.5) is 5.69 Å². The summed E-state index contributed by atoms with van der Waals surface area (Å²) in [4.78, 5) is 12.6. The van der Waals surface area contributed by atoms with Crippen LogP contribution in [-0.2, 0) is 13.0 Å². The highest BCUT2D eigenvalue weighted by Gasteiger charge is 2.12. The third-order valence-corrected chi connectivity index (χ3v) is 6.04. The Morgan fingerprint density at radius 3 is 1.88 bits per heavy atom. The second-order valence-electron chi connectivity index (χ2n) is 7.48. The maximum Gasteiger partial charge on any atom is 0.193 e. The van der Waals surface area contributed by atoms with E-state index in [1.54, 1.807) is 48.5 Å². The minimum absolute atomic E-state index is 0.0560. The van der Waals surface area contributed by atoms with Gasteiger partial charge < -0.3 is 0 Å². The molecule has 4 rings (SSSR count). The van der Waals surface area contributed by atoms with Crippen LogP contribution in [0, 0.1) is 0 Å². The van der Waals surface area contributed by atoms with Gasteiger partial charge in [-0.2, -0.15) is 10.2 Å². The van der Waals surface area contributed by atoms with Crippen molar-refractivity contribution in [2.75, 3.05) is 0 Å². The SMILES string of the molecule is O=C(c1ccc(Cl)cc1)c1ccc(Cc2c(Cl)cc(N=NCc3ccccc3)cc2Cl)cc1. The fourth-order valence-electron chi connectivity index (χ4n) is 3.34. The zero-order chi connectivity index (χ0) is 23.2. The smallest absolute Gasteiger partial charge is 0.193 e. The molecule has 0 amide bonds. The first-order valence-electron chi connectivity index (χ1n) is 10.3. The molecule has 0 spiro atoms. The molecule has 3 nitrogen and oxygen atoms in total. The number of hydrogen-bond donors (Lipinski definition) is 0. The van der Waals surface area contributed by atoms with Crippen molar-refractivity contribution < 1.29 is 4.79 Å². The molecule has 0 N–H and O–H groups in total. The van der Waals surface area contributed by atoms with Crippen molar-refractivity contribution in [1.82, 2.24) is 0 Å². The van der Waals surface area contributed by atoms with Gasteiger partial charge in [-0.05, 0) is 53.1 Å². The second kappa shape index (κ2) is 10.8. The van der Waals surface area contributed by atoms with Crippen LogP contribution in [-0.4, -0.2) is 5.78 Å². The molecular weight excluding hydrogens is 475 g/mol. The van der Waals surface area contributed by atoms with Gasteiger partial charge in [-0.1, -0.05) is 89.4 Å². The molecule has 0 radical (unpaired) electrons. The van der Waals surface area contributed by atoms with Crippen LogP contribution in [0.3, 0.4) is 0 Å². The third kappa shape index (κ3) is 6.08. The van der Waals surface area contributed by atoms with Gasteiger partial charge in [0.15, 0.2) is 5.78 Å². The second-order valence-corrected chi connectivity index (χ2v) is 8.73. The van der Waals surface area contributed by atoms with E-state index in [2.05, 4.69) is 10.2 Å². The van der Waals surface area contributed by atoms with Crippen LogP contribution in [0.2, 0.25) is 15.1 Å². The Kier molecular flexibility index (Phi) is 7.56. The number of carbonyl (C=O) groups is 1. The highest BCUT2D eigenvalue weighted by atomic mass is 35.5. The van der Waals surface area contributed by atoms with Crippen molar-refractivity contribution in [1.29, 1.82) is 0 Å². The van der Waals surface area contributed by atoms with E-state index in [1.807, 2.05) is 42.5 Å². The van der Waals surface area contributed by atoms with E-state index in [1.165, 1.54) is 0 Å². The van der Waals surface area contributed by atoms with E-state index in [4.69, 9.17) is 34.8 Å². The van der Waals surface area contributed by atoms with Gasteiger partial charge in [0.25, 0.3) is 0 Å². The summed E-state index contributed by atoms with van der Waals surface area (Å²) in [6.07, 6.45) is 0.536. The molecule has 0 saturated carbocycles. The Hall–Kier alpha value is -2.98. The molecule has 0 aromatic heterocycles. The van der Waals surface area contributed by atoms with Crippen LogP contribution >= 0.6 is 34.8 Å². The summed E-state index contributed by atoms with van der Waals surface area (Å²) in [7, 11) is 0. The maximum atomic E-state index is 12.6. The molecule has 0 bridgehead atoms. The van der Waals surface area contributed by atoms with Crippen LogP contribution < -0.4 is 0 Å². The lowest BCUT2D eigenvalue weighted by atomic mass is 9.99. The van der Waals surface area contributed by atoms with Crippen molar-refractivity contribution in [2.24, 2.45) is 10.2 Å². The van der Waals surface area contributed by atoms with E-state index in [-0.39, 0.29) is 5.78 Å². The first kappa shape index (κ1) is 23.2. The van der Waals surface area contributed by atoms with Crippen molar-refractivity contribution in [2.45, 2.75) is 13.0 Å². The number of rotatable bonds is 7. The quantitative estimate of drug-likeness (QED) is 0.187. The van der Waals surface area contributed by atoms with E-state index < -0.39 is 0 Å². The van der Waals surface area contributed by atoms with E-state index >= 15 is 0 Å². The molecule has 0 aliphatic heterocycles. The summed E-state index contributed by atoms with van der Waals surface area (Å²) in [6.45, 7) is 0.485. The number of benzene rings is 4. The molecule has 0 aliphatic rings. The van der Waals surface area contributed by atoms with E-state index in [0.29, 0.717) is 44.8 Å². The maximum absolute atomic E-state index is 12.6. The van der Waals surface area contributed by atoms with Gasteiger partial charge in [0.05, 0.1) is 12.2 Å². The Bertz CT molecular complexity index is 1260. The Morgan fingerprint density at radius 2 is 1.27 bits per heavy atom. The van der Waals surface area contributed by atoms with Gasteiger partial charge in [-0.25, -0.2) is 0 Å². The Labute approximate surface area is 207 Å². The molecule has 164 valence electrons. The van der Waals surface area contributed by atoms with Crippen LogP contribution in [0.25, 0.3) is 0 Å². The molecule has 6 heteroatoms. The minimum atomic E-state index is -0.0560. The van der Waals surface area contributed by atoms with Gasteiger partial charge >= 0.3 is 0 Å². The fraction of sp³-hybridized carbons (Fsp3) is 0.0741. The average Bonchev–Trinajstić information content (AvgIpc) is 2.83. The average molecular weight is 494 g/mol. The highest BCUT2D eigenvalue weighted by Crippen LogP contribution is 2.32. The number of azo groups is 1. The Balaban J connectivity index is 1.45. The molecule has 0 atom stereocenters. The molecule has 0 saturated heterocycles. The number of carbonyl (C=O) groups excluding carboxylic acids is 1. The normalized spacial score (nSPS) is 11.1. The van der Waals surface area contributed by atoms with Gasteiger partial charge in [-0.3, -0.25) is 4.79 Å². The van der Waals surface area contributed by atoms with Crippen LogP contribution in [0.15, 0.2) is 101 Å². The summed E-state index contributed by atoms with van der Waals surface area (Å²) < 4.78 is 0. The summed E-state index contributed by atoms with van der Waals surface area (Å²) in [6, 6.07) is 27.7. The van der Waals surface area contributed by atoms with Crippen molar-refractivity contribution >= 4 is 46.3 Å². The predicted molar refractivity (Wildman–Crippen MR) is 135 cm³/mol. The van der Waals surface area contributed by atoms with Gasteiger partial charge in [-0.15, -0.1) is 0 Å². The standard InChI is InChI=1S/C27H19Cl3N2O/c28-22-12-10-21(11-13-22)27(33)20-8-6-18(7-9-20)14-24-25(29)15-23(16-26(24)30)32-31-17-19-4-2-1-3-5-19/h1-13,15-16H,14,17H2.